The van der Waals surface area contributed by atoms with Gasteiger partial charge in [0.2, 0.25) is 5.01 Å². The third kappa shape index (κ3) is 9.00. The molecule has 4 aromatic rings. The maximum Gasteiger partial charge on any atom is 0.417 e. The van der Waals surface area contributed by atoms with E-state index in [1.165, 1.54) is 24.5 Å². The first-order chi connectivity index (χ1) is 20.3. The normalized spacial score (nSPS) is 12.6. The Kier molecular flexibility index (Phi) is 9.67. The quantitative estimate of drug-likeness (QED) is 0.226. The predicted molar refractivity (Wildman–Crippen MR) is 139 cm³/mol. The van der Waals surface area contributed by atoms with Gasteiger partial charge in [-0.25, -0.2) is 17.9 Å². The Bertz CT molecular complexity index is 1550. The lowest BCUT2D eigenvalue weighted by molar-refractivity contribution is -0.137. The molecule has 0 aromatic carbocycles. The van der Waals surface area contributed by atoms with Gasteiger partial charge >= 0.3 is 6.18 Å². The Morgan fingerprint density at radius 2 is 1.74 bits per heavy atom. The number of carbonyl (C=O) groups excluding carboxylic acids is 2. The topological polar surface area (TPSA) is 140 Å². The Hall–Kier alpha value is -4.48. The summed E-state index contributed by atoms with van der Waals surface area (Å²) in [6, 6.07) is 3.47. The van der Waals surface area contributed by atoms with Crippen LogP contribution in [0.15, 0.2) is 43.0 Å². The van der Waals surface area contributed by atoms with Crippen molar-refractivity contribution in [1.29, 1.82) is 0 Å². The summed E-state index contributed by atoms with van der Waals surface area (Å²) in [6.07, 6.45) is -1.73. The van der Waals surface area contributed by atoms with Gasteiger partial charge in [0.25, 0.3) is 17.7 Å². The molecule has 11 nitrogen and oxygen atoms in total. The van der Waals surface area contributed by atoms with Crippen LogP contribution in [0, 0.1) is 0 Å². The minimum Gasteiger partial charge on any atom is -0.346 e. The monoisotopic (exact) mass is 627 g/mol. The molecule has 0 aliphatic heterocycles. The molecular formula is C25H23F6N9O2S. The van der Waals surface area contributed by atoms with E-state index in [0.29, 0.717) is 16.9 Å². The van der Waals surface area contributed by atoms with Crippen molar-refractivity contribution in [3.63, 3.8) is 0 Å². The molecule has 2 N–H and O–H groups in total. The summed E-state index contributed by atoms with van der Waals surface area (Å²) in [5.74, 6) is -4.29. The van der Waals surface area contributed by atoms with Crippen molar-refractivity contribution in [3.05, 3.63) is 81.1 Å². The highest BCUT2D eigenvalue weighted by Gasteiger charge is 2.31. The van der Waals surface area contributed by atoms with Gasteiger partial charge in [-0.1, -0.05) is 16.6 Å². The molecule has 0 aliphatic rings. The number of alkyl halides is 6. The zero-order chi connectivity index (χ0) is 31.2. The Balaban J connectivity index is 1.20. The number of nitrogens with zero attached hydrogens (tertiary/aromatic N) is 7. The lowest BCUT2D eigenvalue weighted by atomic mass is 10.1. The van der Waals surface area contributed by atoms with E-state index < -0.39 is 35.6 Å². The SMILES string of the molecule is CC(F)(F)c1ccc(CNC(=O)c2nnc(CCC(F)Cn3cc(C(=O)NCc4cncc(C(F)(F)F)c4)nn3)s2)nc1. The lowest BCUT2D eigenvalue weighted by Crippen LogP contribution is -2.23. The van der Waals surface area contributed by atoms with E-state index >= 15 is 0 Å². The van der Waals surface area contributed by atoms with Crippen LogP contribution >= 0.6 is 11.3 Å². The molecule has 18 heteroatoms. The van der Waals surface area contributed by atoms with Gasteiger partial charge in [-0.05, 0) is 30.2 Å². The third-order valence-electron chi connectivity index (χ3n) is 5.83. The van der Waals surface area contributed by atoms with Crippen molar-refractivity contribution in [1.82, 2.24) is 45.8 Å². The molecule has 0 radical (unpaired) electrons. The second-order valence-electron chi connectivity index (χ2n) is 9.33. The summed E-state index contributed by atoms with van der Waals surface area (Å²) in [4.78, 5) is 32.1. The number of nitrogens with one attached hydrogen (secondary N) is 2. The summed E-state index contributed by atoms with van der Waals surface area (Å²) in [6.45, 7) is 0.267. The fourth-order valence-corrected chi connectivity index (χ4v) is 4.33. The highest BCUT2D eigenvalue weighted by atomic mass is 32.1. The number of pyridine rings is 2. The standard InChI is InChI=1S/C25H23F6N9O2S/c1-24(27,28)15-2-4-18(33-10-15)11-35-22(42)23-38-37-20(43-23)5-3-17(26)12-40-13-19(36-39-40)21(41)34-8-14-6-16(9-32-7-14)25(29,30)31/h2,4,6-7,9-10,13,17H,3,5,8,11-12H2,1H3,(H,34,41)(H,35,42). The fourth-order valence-electron chi connectivity index (χ4n) is 3.56. The Morgan fingerprint density at radius 1 is 0.977 bits per heavy atom. The van der Waals surface area contributed by atoms with Crippen LogP contribution in [0.5, 0.6) is 0 Å². The number of aryl methyl sites for hydroxylation is 1. The first kappa shape index (κ1) is 31.5. The highest BCUT2D eigenvalue weighted by molar-refractivity contribution is 7.13. The van der Waals surface area contributed by atoms with E-state index in [1.807, 2.05) is 0 Å². The molecule has 0 aliphatic carbocycles. The van der Waals surface area contributed by atoms with Gasteiger partial charge in [0, 0.05) is 44.0 Å². The van der Waals surface area contributed by atoms with Crippen molar-refractivity contribution >= 4 is 23.2 Å². The molecule has 1 unspecified atom stereocenters. The van der Waals surface area contributed by atoms with Crippen LogP contribution in [-0.2, 0) is 38.2 Å². The molecule has 4 aromatic heterocycles. The molecule has 0 spiro atoms. The molecule has 4 heterocycles. The Labute approximate surface area is 243 Å². The van der Waals surface area contributed by atoms with E-state index in [9.17, 15) is 35.9 Å². The Morgan fingerprint density at radius 3 is 2.44 bits per heavy atom. The first-order valence-electron chi connectivity index (χ1n) is 12.6. The van der Waals surface area contributed by atoms with Gasteiger partial charge in [-0.15, -0.1) is 15.3 Å². The maximum atomic E-state index is 14.6. The molecule has 0 saturated heterocycles. The first-order valence-corrected chi connectivity index (χ1v) is 13.4. The number of hydrogen-bond acceptors (Lipinski definition) is 9. The average Bonchev–Trinajstić information content (AvgIpc) is 3.63. The predicted octanol–water partition coefficient (Wildman–Crippen LogP) is 3.88. The van der Waals surface area contributed by atoms with E-state index in [-0.39, 0.29) is 54.3 Å². The summed E-state index contributed by atoms with van der Waals surface area (Å²) in [7, 11) is 0. The third-order valence-corrected chi connectivity index (χ3v) is 6.81. The molecule has 0 saturated carbocycles. The summed E-state index contributed by atoms with van der Waals surface area (Å²) < 4.78 is 80.8. The summed E-state index contributed by atoms with van der Waals surface area (Å²) in [5, 5.41) is 20.5. The van der Waals surface area contributed by atoms with Crippen molar-refractivity contribution in [2.75, 3.05) is 0 Å². The van der Waals surface area contributed by atoms with Crippen LogP contribution in [0.2, 0.25) is 0 Å². The maximum absolute atomic E-state index is 14.6. The minimum absolute atomic E-state index is 0.00147. The lowest BCUT2D eigenvalue weighted by Gasteiger charge is -2.10. The second kappa shape index (κ2) is 13.2. The fraction of sp³-hybridized carbons (Fsp3) is 0.360. The van der Waals surface area contributed by atoms with Crippen molar-refractivity contribution < 1.29 is 35.9 Å². The molecule has 43 heavy (non-hydrogen) atoms. The van der Waals surface area contributed by atoms with Gasteiger partial charge in [0.1, 0.15) is 11.2 Å². The van der Waals surface area contributed by atoms with Gasteiger partial charge in [0.05, 0.1) is 30.5 Å². The number of amides is 2. The highest BCUT2D eigenvalue weighted by Crippen LogP contribution is 2.29. The number of carbonyl (C=O) groups is 2. The zero-order valence-corrected chi connectivity index (χ0v) is 23.1. The molecule has 1 atom stereocenters. The van der Waals surface area contributed by atoms with E-state index in [4.69, 9.17) is 0 Å². The average molecular weight is 628 g/mol. The van der Waals surface area contributed by atoms with Crippen molar-refractivity contribution in [2.45, 2.75) is 57.7 Å². The van der Waals surface area contributed by atoms with E-state index in [2.05, 4.69) is 41.1 Å². The number of hydrogen-bond donors (Lipinski definition) is 2. The van der Waals surface area contributed by atoms with Gasteiger partial charge in [-0.2, -0.15) is 13.2 Å². The zero-order valence-electron chi connectivity index (χ0n) is 22.3. The number of aromatic nitrogens is 7. The summed E-state index contributed by atoms with van der Waals surface area (Å²) in [5.41, 5.74) is -0.848. The smallest absolute Gasteiger partial charge is 0.346 e. The molecular weight excluding hydrogens is 604 g/mol. The minimum atomic E-state index is -4.57. The summed E-state index contributed by atoms with van der Waals surface area (Å²) >= 11 is 0.969. The van der Waals surface area contributed by atoms with Crippen molar-refractivity contribution in [3.8, 4) is 0 Å². The van der Waals surface area contributed by atoms with Crippen LogP contribution in [0.25, 0.3) is 0 Å². The van der Waals surface area contributed by atoms with Crippen LogP contribution in [0.3, 0.4) is 0 Å². The molecule has 2 amide bonds. The molecule has 0 fully saturated rings. The van der Waals surface area contributed by atoms with Crippen molar-refractivity contribution in [2.24, 2.45) is 0 Å². The molecule has 4 rings (SSSR count). The van der Waals surface area contributed by atoms with Gasteiger partial charge in [0.15, 0.2) is 5.69 Å². The number of halogens is 6. The van der Waals surface area contributed by atoms with Crippen LogP contribution < -0.4 is 10.6 Å². The molecule has 0 bridgehead atoms. The van der Waals surface area contributed by atoms with Crippen LogP contribution in [-0.4, -0.2) is 53.1 Å². The number of rotatable bonds is 12. The van der Waals surface area contributed by atoms with E-state index in [0.717, 1.165) is 35.2 Å². The molecule has 228 valence electrons. The van der Waals surface area contributed by atoms with Gasteiger partial charge < -0.3 is 10.6 Å². The largest absolute Gasteiger partial charge is 0.417 e. The second-order valence-corrected chi connectivity index (χ2v) is 10.4. The van der Waals surface area contributed by atoms with Gasteiger partial charge in [-0.3, -0.25) is 19.6 Å². The van der Waals surface area contributed by atoms with Crippen LogP contribution in [0.4, 0.5) is 26.3 Å². The van der Waals surface area contributed by atoms with Crippen LogP contribution in [0.1, 0.15) is 61.0 Å². The van der Waals surface area contributed by atoms with E-state index in [1.54, 1.807) is 0 Å².